The smallest absolute Gasteiger partial charge is 0.263 e. The third kappa shape index (κ3) is 4.78. The van der Waals surface area contributed by atoms with Gasteiger partial charge in [-0.25, -0.2) is 18.4 Å². The summed E-state index contributed by atoms with van der Waals surface area (Å²) in [5, 5.41) is 11.7. The molecule has 2 aromatic carbocycles. The molecule has 0 atom stereocenters. The first-order valence-electron chi connectivity index (χ1n) is 9.10. The SMILES string of the molecule is COc1ccccc1-c1cc(Nc2ccc(S(=O)(=O)Nc3nnc(C)s3)cc2)ncn1. The van der Waals surface area contributed by atoms with E-state index in [1.807, 2.05) is 24.3 Å². The molecule has 31 heavy (non-hydrogen) atoms. The van der Waals surface area contributed by atoms with Gasteiger partial charge in [-0.15, -0.1) is 10.2 Å². The summed E-state index contributed by atoms with van der Waals surface area (Å²) in [6, 6.07) is 15.7. The van der Waals surface area contributed by atoms with Gasteiger partial charge in [-0.2, -0.15) is 0 Å². The summed E-state index contributed by atoms with van der Waals surface area (Å²) in [6.07, 6.45) is 1.46. The monoisotopic (exact) mass is 454 g/mol. The van der Waals surface area contributed by atoms with E-state index in [0.29, 0.717) is 28.0 Å². The number of methoxy groups -OCH3 is 1. The van der Waals surface area contributed by atoms with Gasteiger partial charge in [0.25, 0.3) is 10.0 Å². The fraction of sp³-hybridized carbons (Fsp3) is 0.100. The number of aryl methyl sites for hydroxylation is 1. The zero-order chi connectivity index (χ0) is 21.8. The summed E-state index contributed by atoms with van der Waals surface area (Å²) in [6.45, 7) is 1.75. The van der Waals surface area contributed by atoms with E-state index < -0.39 is 10.0 Å². The fourth-order valence-electron chi connectivity index (χ4n) is 2.81. The van der Waals surface area contributed by atoms with Crippen LogP contribution < -0.4 is 14.8 Å². The molecule has 0 bridgehead atoms. The van der Waals surface area contributed by atoms with E-state index in [4.69, 9.17) is 4.74 Å². The third-order valence-electron chi connectivity index (χ3n) is 4.23. The van der Waals surface area contributed by atoms with E-state index in [0.717, 1.165) is 5.56 Å². The van der Waals surface area contributed by atoms with Crippen LogP contribution in [0.3, 0.4) is 0 Å². The van der Waals surface area contributed by atoms with Crippen LogP contribution in [0.4, 0.5) is 16.6 Å². The van der Waals surface area contributed by atoms with Crippen molar-refractivity contribution >= 4 is 38.0 Å². The highest BCUT2D eigenvalue weighted by Crippen LogP contribution is 2.29. The molecular weight excluding hydrogens is 436 g/mol. The molecule has 2 aromatic heterocycles. The number of ether oxygens (including phenoxy) is 1. The van der Waals surface area contributed by atoms with Gasteiger partial charge >= 0.3 is 0 Å². The number of benzene rings is 2. The van der Waals surface area contributed by atoms with Gasteiger partial charge in [0.1, 0.15) is 22.9 Å². The normalized spacial score (nSPS) is 11.2. The van der Waals surface area contributed by atoms with E-state index in [1.54, 1.807) is 32.2 Å². The lowest BCUT2D eigenvalue weighted by Gasteiger charge is -2.10. The highest BCUT2D eigenvalue weighted by Gasteiger charge is 2.16. The quantitative estimate of drug-likeness (QED) is 0.432. The van der Waals surface area contributed by atoms with Crippen molar-refractivity contribution in [2.45, 2.75) is 11.8 Å². The topological polar surface area (TPSA) is 119 Å². The molecule has 0 spiro atoms. The van der Waals surface area contributed by atoms with Crippen LogP contribution >= 0.6 is 11.3 Å². The van der Waals surface area contributed by atoms with Crippen molar-refractivity contribution in [3.8, 4) is 17.0 Å². The minimum absolute atomic E-state index is 0.114. The van der Waals surface area contributed by atoms with Crippen molar-refractivity contribution in [1.82, 2.24) is 20.2 Å². The molecule has 0 saturated carbocycles. The van der Waals surface area contributed by atoms with Crippen LogP contribution in [0.5, 0.6) is 5.75 Å². The van der Waals surface area contributed by atoms with Crippen LogP contribution in [0.2, 0.25) is 0 Å². The lowest BCUT2D eigenvalue weighted by atomic mass is 10.1. The molecule has 0 amide bonds. The number of aromatic nitrogens is 4. The largest absolute Gasteiger partial charge is 0.496 e. The number of sulfonamides is 1. The van der Waals surface area contributed by atoms with Gasteiger partial charge in [0.05, 0.1) is 17.7 Å². The Labute approximate surface area is 183 Å². The van der Waals surface area contributed by atoms with Crippen LogP contribution in [-0.2, 0) is 10.0 Å². The van der Waals surface area contributed by atoms with E-state index in [1.165, 1.54) is 29.8 Å². The lowest BCUT2D eigenvalue weighted by Crippen LogP contribution is -2.12. The second-order valence-electron chi connectivity index (χ2n) is 6.37. The number of para-hydroxylation sites is 1. The van der Waals surface area contributed by atoms with Gasteiger partial charge in [-0.3, -0.25) is 4.72 Å². The number of rotatable bonds is 7. The number of nitrogens with one attached hydrogen (secondary N) is 2. The predicted octanol–water partition coefficient (Wildman–Crippen LogP) is 3.86. The van der Waals surface area contributed by atoms with Crippen molar-refractivity contribution in [2.75, 3.05) is 17.1 Å². The molecular formula is C20H18N6O3S2. The summed E-state index contributed by atoms with van der Waals surface area (Å²) in [5.41, 5.74) is 2.22. The van der Waals surface area contributed by atoms with Crippen molar-refractivity contribution in [1.29, 1.82) is 0 Å². The van der Waals surface area contributed by atoms with E-state index in [2.05, 4.69) is 30.2 Å². The van der Waals surface area contributed by atoms with Crippen LogP contribution in [-0.4, -0.2) is 35.7 Å². The lowest BCUT2D eigenvalue weighted by molar-refractivity contribution is 0.416. The minimum Gasteiger partial charge on any atom is -0.496 e. The number of anilines is 3. The zero-order valence-electron chi connectivity index (χ0n) is 16.6. The predicted molar refractivity (Wildman–Crippen MR) is 119 cm³/mol. The average Bonchev–Trinajstić information content (AvgIpc) is 3.18. The van der Waals surface area contributed by atoms with Crippen LogP contribution in [0, 0.1) is 6.92 Å². The third-order valence-corrected chi connectivity index (χ3v) is 6.47. The van der Waals surface area contributed by atoms with Crippen molar-refractivity contribution in [3.63, 3.8) is 0 Å². The standard InChI is InChI=1S/C20H18N6O3S2/c1-13-24-25-20(30-13)26-31(27,28)15-9-7-14(8-10-15)23-19-11-17(21-12-22-19)16-5-3-4-6-18(16)29-2/h3-12H,1-2H3,(H,25,26)(H,21,22,23). The van der Waals surface area contributed by atoms with Crippen molar-refractivity contribution in [3.05, 3.63) is 65.9 Å². The number of nitrogens with zero attached hydrogens (tertiary/aromatic N) is 4. The Kier molecular flexibility index (Phi) is 5.78. The molecule has 2 N–H and O–H groups in total. The maximum Gasteiger partial charge on any atom is 0.263 e. The molecule has 9 nitrogen and oxygen atoms in total. The van der Waals surface area contributed by atoms with Gasteiger partial charge in [0, 0.05) is 17.3 Å². The molecule has 0 fully saturated rings. The van der Waals surface area contributed by atoms with Crippen LogP contribution in [0.1, 0.15) is 5.01 Å². The summed E-state index contributed by atoms with van der Waals surface area (Å²) in [7, 11) is -2.14. The Morgan fingerprint density at radius 3 is 2.48 bits per heavy atom. The first-order valence-corrected chi connectivity index (χ1v) is 11.4. The zero-order valence-corrected chi connectivity index (χ0v) is 18.2. The summed E-state index contributed by atoms with van der Waals surface area (Å²) in [5.74, 6) is 1.27. The Morgan fingerprint density at radius 2 is 1.77 bits per heavy atom. The van der Waals surface area contributed by atoms with Crippen molar-refractivity contribution < 1.29 is 13.2 Å². The maximum absolute atomic E-state index is 12.5. The molecule has 0 radical (unpaired) electrons. The molecule has 0 aliphatic rings. The Bertz CT molecular complexity index is 1310. The van der Waals surface area contributed by atoms with Crippen LogP contribution in [0.15, 0.2) is 65.8 Å². The highest BCUT2D eigenvalue weighted by molar-refractivity contribution is 7.93. The number of hydrogen-bond donors (Lipinski definition) is 2. The summed E-state index contributed by atoms with van der Waals surface area (Å²) < 4.78 is 32.9. The van der Waals surface area contributed by atoms with Gasteiger partial charge in [-0.05, 0) is 43.3 Å². The highest BCUT2D eigenvalue weighted by atomic mass is 32.2. The second-order valence-corrected chi connectivity index (χ2v) is 9.23. The average molecular weight is 455 g/mol. The molecule has 0 unspecified atom stereocenters. The Morgan fingerprint density at radius 1 is 1.00 bits per heavy atom. The van der Waals surface area contributed by atoms with Gasteiger partial charge in [0.15, 0.2) is 0 Å². The van der Waals surface area contributed by atoms with Gasteiger partial charge in [-0.1, -0.05) is 23.5 Å². The Hall–Kier alpha value is -3.57. The van der Waals surface area contributed by atoms with Crippen molar-refractivity contribution in [2.24, 2.45) is 0 Å². The van der Waals surface area contributed by atoms with Crippen LogP contribution in [0.25, 0.3) is 11.3 Å². The molecule has 158 valence electrons. The first-order chi connectivity index (χ1) is 14.9. The molecule has 0 saturated heterocycles. The van der Waals surface area contributed by atoms with Gasteiger partial charge in [0.2, 0.25) is 5.13 Å². The molecule has 4 aromatic rings. The molecule has 0 aliphatic carbocycles. The molecule has 4 rings (SSSR count). The summed E-state index contributed by atoms with van der Waals surface area (Å²) >= 11 is 1.17. The van der Waals surface area contributed by atoms with E-state index in [9.17, 15) is 8.42 Å². The van der Waals surface area contributed by atoms with Gasteiger partial charge < -0.3 is 10.1 Å². The maximum atomic E-state index is 12.5. The summed E-state index contributed by atoms with van der Waals surface area (Å²) in [4.78, 5) is 8.67. The second kappa shape index (κ2) is 8.66. The first kappa shape index (κ1) is 20.7. The molecule has 2 heterocycles. The molecule has 0 aliphatic heterocycles. The minimum atomic E-state index is -3.75. The number of hydrogen-bond acceptors (Lipinski definition) is 9. The van der Waals surface area contributed by atoms with E-state index >= 15 is 0 Å². The fourth-order valence-corrected chi connectivity index (χ4v) is 4.63. The Balaban J connectivity index is 1.52. The molecule has 11 heteroatoms. The van der Waals surface area contributed by atoms with E-state index in [-0.39, 0.29) is 10.0 Å².